The molecule has 1 N–H and O–H groups in total. The van der Waals surface area contributed by atoms with Crippen LogP contribution in [-0.2, 0) is 14.1 Å². The lowest BCUT2D eigenvalue weighted by Crippen LogP contribution is -2.50. The second-order valence-electron chi connectivity index (χ2n) is 8.09. The molecule has 2 aromatic rings. The van der Waals surface area contributed by atoms with Crippen LogP contribution in [0.4, 0.5) is 0 Å². The summed E-state index contributed by atoms with van der Waals surface area (Å²) in [6.45, 7) is 1.35. The number of hydrogen-bond donors (Lipinski definition) is 1. The smallest absolute Gasteiger partial charge is 0.303 e. The summed E-state index contributed by atoms with van der Waals surface area (Å²) >= 11 is 0. The number of esters is 1. The minimum atomic E-state index is -3.84. The normalized spacial score (nSPS) is 35.0. The van der Waals surface area contributed by atoms with Crippen molar-refractivity contribution < 1.29 is 19.0 Å². The highest BCUT2D eigenvalue weighted by Crippen LogP contribution is 2.77. The van der Waals surface area contributed by atoms with Gasteiger partial charge in [-0.2, -0.15) is 0 Å². The molecule has 1 heterocycles. The van der Waals surface area contributed by atoms with Crippen molar-refractivity contribution in [2.24, 2.45) is 5.92 Å². The molecular formula is C23H27O4P. The highest BCUT2D eigenvalue weighted by Gasteiger charge is 2.65. The molecule has 0 bridgehead atoms. The van der Waals surface area contributed by atoms with Crippen LogP contribution in [0.3, 0.4) is 0 Å². The van der Waals surface area contributed by atoms with Gasteiger partial charge in [0.15, 0.2) is 5.34 Å². The summed E-state index contributed by atoms with van der Waals surface area (Å²) in [6.07, 6.45) is 3.65. The standard InChI is InChI=1S/C23H27O4P/c1-17(24)27-23-15-9-8-14-21(23)20(18-10-4-2-5-11-18)16-22(28(23,25)26)19-12-6-3-7-13-19/h2-7,10-13,20-22H,8-9,14-16H2,1H3,(H,25,26). The summed E-state index contributed by atoms with van der Waals surface area (Å²) in [4.78, 5) is 23.6. The largest absolute Gasteiger partial charge is 0.448 e. The zero-order chi connectivity index (χ0) is 19.8. The lowest BCUT2D eigenvalue weighted by Gasteiger charge is -2.54. The van der Waals surface area contributed by atoms with E-state index >= 15 is 0 Å². The maximum atomic E-state index is 14.0. The van der Waals surface area contributed by atoms with Crippen LogP contribution >= 0.6 is 7.37 Å². The first-order valence-corrected chi connectivity index (χ1v) is 11.8. The van der Waals surface area contributed by atoms with E-state index in [1.54, 1.807) is 0 Å². The predicted molar refractivity (Wildman–Crippen MR) is 109 cm³/mol. The lowest BCUT2D eigenvalue weighted by atomic mass is 9.71. The fraction of sp³-hybridized carbons (Fsp3) is 0.435. The quantitative estimate of drug-likeness (QED) is 0.537. The van der Waals surface area contributed by atoms with Crippen molar-refractivity contribution in [3.05, 3.63) is 71.8 Å². The fourth-order valence-electron chi connectivity index (χ4n) is 5.40. The number of rotatable bonds is 3. The van der Waals surface area contributed by atoms with E-state index in [-0.39, 0.29) is 11.8 Å². The first-order chi connectivity index (χ1) is 13.5. The molecule has 5 atom stereocenters. The molecule has 4 rings (SSSR count). The Labute approximate surface area is 166 Å². The maximum Gasteiger partial charge on any atom is 0.303 e. The van der Waals surface area contributed by atoms with Gasteiger partial charge in [0.25, 0.3) is 7.37 Å². The van der Waals surface area contributed by atoms with Crippen molar-refractivity contribution in [3.63, 3.8) is 0 Å². The van der Waals surface area contributed by atoms with Crippen LogP contribution in [0.1, 0.15) is 61.7 Å². The van der Waals surface area contributed by atoms with Crippen LogP contribution in [0, 0.1) is 5.92 Å². The molecule has 1 aliphatic heterocycles. The summed E-state index contributed by atoms with van der Waals surface area (Å²) < 4.78 is 19.9. The molecule has 1 saturated carbocycles. The Morgan fingerprint density at radius 1 is 1.04 bits per heavy atom. The van der Waals surface area contributed by atoms with E-state index in [1.165, 1.54) is 6.92 Å². The van der Waals surface area contributed by atoms with Gasteiger partial charge in [-0.05, 0) is 42.7 Å². The van der Waals surface area contributed by atoms with Crippen molar-refractivity contribution in [1.82, 2.24) is 0 Å². The Morgan fingerprint density at radius 2 is 1.64 bits per heavy atom. The predicted octanol–water partition coefficient (Wildman–Crippen LogP) is 5.64. The SMILES string of the molecule is CC(=O)OC12CCCCC1C(c1ccccc1)CC(c1ccccc1)P2(=O)O. The van der Waals surface area contributed by atoms with Crippen molar-refractivity contribution in [1.29, 1.82) is 0 Å². The molecular weight excluding hydrogens is 371 g/mol. The molecule has 0 radical (unpaired) electrons. The van der Waals surface area contributed by atoms with Gasteiger partial charge >= 0.3 is 5.97 Å². The Balaban J connectivity index is 1.89. The molecule has 1 saturated heterocycles. The molecule has 148 valence electrons. The van der Waals surface area contributed by atoms with Crippen LogP contribution in [-0.4, -0.2) is 16.2 Å². The van der Waals surface area contributed by atoms with E-state index in [2.05, 4.69) is 12.1 Å². The van der Waals surface area contributed by atoms with E-state index < -0.39 is 24.3 Å². The number of carbonyl (C=O) groups excluding carboxylic acids is 1. The average molecular weight is 398 g/mol. The first-order valence-electron chi connectivity index (χ1n) is 10.1. The Hall–Kier alpha value is -1.90. The Kier molecular flexibility index (Phi) is 5.20. The second kappa shape index (κ2) is 7.50. The number of benzene rings is 2. The highest BCUT2D eigenvalue weighted by molar-refractivity contribution is 7.60. The van der Waals surface area contributed by atoms with E-state index in [1.807, 2.05) is 48.5 Å². The summed E-state index contributed by atoms with van der Waals surface area (Å²) in [5.74, 6) is -0.523. The molecule has 2 aliphatic rings. The summed E-state index contributed by atoms with van der Waals surface area (Å²) in [6, 6.07) is 19.7. The zero-order valence-electron chi connectivity index (χ0n) is 16.2. The zero-order valence-corrected chi connectivity index (χ0v) is 17.1. The van der Waals surface area contributed by atoms with Gasteiger partial charge in [-0.1, -0.05) is 67.1 Å². The number of hydrogen-bond acceptors (Lipinski definition) is 3. The monoisotopic (exact) mass is 398 g/mol. The molecule has 2 aromatic carbocycles. The molecule has 5 unspecified atom stereocenters. The molecule has 1 aliphatic carbocycles. The fourth-order valence-corrected chi connectivity index (χ4v) is 8.54. The van der Waals surface area contributed by atoms with Gasteiger partial charge in [0, 0.05) is 12.8 Å². The Morgan fingerprint density at radius 3 is 2.25 bits per heavy atom. The van der Waals surface area contributed by atoms with Crippen LogP contribution in [0.5, 0.6) is 0 Å². The lowest BCUT2D eigenvalue weighted by molar-refractivity contribution is -0.159. The van der Waals surface area contributed by atoms with Crippen molar-refractivity contribution in [3.8, 4) is 0 Å². The summed E-state index contributed by atoms with van der Waals surface area (Å²) in [7, 11) is -3.84. The van der Waals surface area contributed by atoms with Crippen LogP contribution < -0.4 is 0 Å². The van der Waals surface area contributed by atoms with Gasteiger partial charge in [-0.25, -0.2) is 0 Å². The third kappa shape index (κ3) is 3.13. The summed E-state index contributed by atoms with van der Waals surface area (Å²) in [5, 5.41) is -1.30. The van der Waals surface area contributed by atoms with E-state index in [4.69, 9.17) is 4.74 Å². The van der Waals surface area contributed by atoms with Crippen LogP contribution in [0.2, 0.25) is 0 Å². The third-order valence-corrected chi connectivity index (χ3v) is 9.62. The number of carbonyl (C=O) groups is 1. The van der Waals surface area contributed by atoms with Crippen molar-refractivity contribution in [2.45, 2.75) is 55.9 Å². The third-order valence-electron chi connectivity index (χ3n) is 6.54. The minimum absolute atomic E-state index is 0.0836. The first kappa shape index (κ1) is 19.4. The summed E-state index contributed by atoms with van der Waals surface area (Å²) in [5.41, 5.74) is 1.48. The molecule has 5 heteroatoms. The van der Waals surface area contributed by atoms with E-state index in [0.29, 0.717) is 12.8 Å². The molecule has 0 amide bonds. The van der Waals surface area contributed by atoms with Crippen LogP contribution in [0.25, 0.3) is 0 Å². The van der Waals surface area contributed by atoms with Gasteiger partial charge < -0.3 is 9.63 Å². The highest BCUT2D eigenvalue weighted by atomic mass is 31.2. The van der Waals surface area contributed by atoms with E-state index in [0.717, 1.165) is 30.4 Å². The van der Waals surface area contributed by atoms with Crippen LogP contribution in [0.15, 0.2) is 60.7 Å². The molecule has 2 fully saturated rings. The van der Waals surface area contributed by atoms with Gasteiger partial charge in [-0.3, -0.25) is 9.36 Å². The molecule has 4 nitrogen and oxygen atoms in total. The van der Waals surface area contributed by atoms with Crippen molar-refractivity contribution >= 4 is 13.3 Å². The van der Waals surface area contributed by atoms with Gasteiger partial charge in [0.1, 0.15) is 0 Å². The molecule has 0 aromatic heterocycles. The second-order valence-corrected chi connectivity index (χ2v) is 10.7. The maximum absolute atomic E-state index is 14.0. The topological polar surface area (TPSA) is 63.6 Å². The van der Waals surface area contributed by atoms with Gasteiger partial charge in [-0.15, -0.1) is 0 Å². The number of fused-ring (bicyclic) bond motifs is 1. The Bertz CT molecular complexity index is 882. The van der Waals surface area contributed by atoms with Gasteiger partial charge in [0.05, 0.1) is 5.66 Å². The van der Waals surface area contributed by atoms with Crippen molar-refractivity contribution in [2.75, 3.05) is 0 Å². The molecule has 0 spiro atoms. The average Bonchev–Trinajstić information content (AvgIpc) is 2.69. The van der Waals surface area contributed by atoms with Gasteiger partial charge in [0.2, 0.25) is 0 Å². The molecule has 28 heavy (non-hydrogen) atoms. The number of ether oxygens (including phenoxy) is 1. The van der Waals surface area contributed by atoms with E-state index in [9.17, 15) is 14.3 Å². The minimum Gasteiger partial charge on any atom is -0.448 e.